The van der Waals surface area contributed by atoms with Crippen LogP contribution < -0.4 is 10.4 Å². The van der Waals surface area contributed by atoms with E-state index < -0.39 is 23.3 Å². The second-order valence-electron chi connectivity index (χ2n) is 4.44. The highest BCUT2D eigenvalue weighted by Gasteiger charge is 2.30. The third-order valence-electron chi connectivity index (χ3n) is 2.86. The van der Waals surface area contributed by atoms with Crippen molar-refractivity contribution >= 4 is 23.0 Å². The normalized spacial score (nSPS) is 12.3. The van der Waals surface area contributed by atoms with Crippen LogP contribution in [0.3, 0.4) is 0 Å². The zero-order chi connectivity index (χ0) is 17.2. The van der Waals surface area contributed by atoms with E-state index in [1.807, 2.05) is 0 Å². The first-order chi connectivity index (χ1) is 10.7. The van der Waals surface area contributed by atoms with E-state index >= 15 is 0 Å². The Kier molecular flexibility index (Phi) is 4.69. The minimum Gasteiger partial charge on any atom is -0.465 e. The number of carbonyl (C=O) groups is 1. The molecule has 122 valence electrons. The van der Waals surface area contributed by atoms with Crippen LogP contribution in [0.2, 0.25) is 0 Å². The average molecular weight is 344 g/mol. The molecule has 0 bridgehead atoms. The molecule has 9 heteroatoms. The van der Waals surface area contributed by atoms with E-state index in [0.29, 0.717) is 0 Å². The minimum absolute atomic E-state index is 0.0151. The van der Waals surface area contributed by atoms with Gasteiger partial charge in [-0.2, -0.15) is 13.2 Å². The Morgan fingerprint density at radius 3 is 2.61 bits per heavy atom. The maximum atomic E-state index is 12.7. The van der Waals surface area contributed by atoms with Gasteiger partial charge in [0.2, 0.25) is 0 Å². The fourth-order valence-electron chi connectivity index (χ4n) is 1.66. The zero-order valence-electron chi connectivity index (χ0n) is 12.0. The van der Waals surface area contributed by atoms with E-state index in [4.69, 9.17) is 0 Å². The average Bonchev–Trinajstić information content (AvgIpc) is 2.50. The first-order valence-corrected chi connectivity index (χ1v) is 7.05. The smallest absolute Gasteiger partial charge is 0.416 e. The number of ether oxygens (including phenoxy) is 1. The first kappa shape index (κ1) is 16.9. The molecule has 0 amide bonds. The lowest BCUT2D eigenvalue weighted by atomic mass is 10.2. The molecule has 5 nitrogen and oxygen atoms in total. The quantitative estimate of drug-likeness (QED) is 0.787. The van der Waals surface area contributed by atoms with Crippen molar-refractivity contribution in [3.63, 3.8) is 0 Å². The number of hydrogen-bond acceptors (Lipinski definition) is 5. The molecule has 0 spiro atoms. The highest BCUT2D eigenvalue weighted by molar-refractivity contribution is 7.11. The molecule has 0 aliphatic rings. The van der Waals surface area contributed by atoms with E-state index in [-0.39, 0.29) is 15.4 Å². The third-order valence-corrected chi connectivity index (χ3v) is 3.91. The largest absolute Gasteiger partial charge is 0.465 e. The number of hydrogen-bond donors (Lipinski definition) is 0. The topological polar surface area (TPSA) is 60.7 Å². The third kappa shape index (κ3) is 3.86. The number of methoxy groups -OCH3 is 1. The summed E-state index contributed by atoms with van der Waals surface area (Å²) in [5.41, 5.74) is -1.35. The van der Waals surface area contributed by atoms with E-state index in [2.05, 4.69) is 9.73 Å². The first-order valence-electron chi connectivity index (χ1n) is 6.24. The lowest BCUT2D eigenvalue weighted by Gasteiger charge is -2.06. The van der Waals surface area contributed by atoms with Crippen molar-refractivity contribution in [2.75, 3.05) is 7.11 Å². The van der Waals surface area contributed by atoms with Crippen molar-refractivity contribution in [1.29, 1.82) is 0 Å². The van der Waals surface area contributed by atoms with Crippen molar-refractivity contribution in [2.24, 2.45) is 12.0 Å². The van der Waals surface area contributed by atoms with Gasteiger partial charge in [-0.05, 0) is 18.2 Å². The molecule has 0 aliphatic carbocycles. The second-order valence-corrected chi connectivity index (χ2v) is 5.45. The summed E-state index contributed by atoms with van der Waals surface area (Å²) in [5.74, 6) is -0.715. The Morgan fingerprint density at radius 1 is 1.30 bits per heavy atom. The maximum Gasteiger partial charge on any atom is 0.416 e. The van der Waals surface area contributed by atoms with Crippen LogP contribution in [0.25, 0.3) is 0 Å². The second kappa shape index (κ2) is 6.37. The van der Waals surface area contributed by atoms with Gasteiger partial charge in [0, 0.05) is 13.1 Å². The number of esters is 1. The van der Waals surface area contributed by atoms with Gasteiger partial charge in [0.15, 0.2) is 4.80 Å². The van der Waals surface area contributed by atoms with Crippen molar-refractivity contribution in [3.8, 4) is 0 Å². The van der Waals surface area contributed by atoms with Crippen LogP contribution in [0, 0.1) is 0 Å². The predicted octanol–water partition coefficient (Wildman–Crippen LogP) is 2.48. The van der Waals surface area contributed by atoms with E-state index in [9.17, 15) is 22.8 Å². The zero-order valence-corrected chi connectivity index (χ0v) is 12.9. The minimum atomic E-state index is -4.49. The molecule has 2 aromatic rings. The van der Waals surface area contributed by atoms with Crippen LogP contribution in [0.15, 0.2) is 40.1 Å². The number of alkyl halides is 3. The maximum absolute atomic E-state index is 12.7. The lowest BCUT2D eigenvalue weighted by Crippen LogP contribution is -2.29. The Hall–Kier alpha value is -2.42. The van der Waals surface area contributed by atoms with E-state index in [0.717, 1.165) is 41.2 Å². The summed E-state index contributed by atoms with van der Waals surface area (Å²) < 4.78 is 43.8. The standard InChI is InChI=1S/C14H11F3N2O3S/c1-19-11(20)7-10(12(21)22-2)23-13(19)18-9-5-3-4-8(6-9)14(15,16)17/h3-7H,1-2H3. The van der Waals surface area contributed by atoms with Gasteiger partial charge in [-0.25, -0.2) is 9.79 Å². The molecule has 0 saturated carbocycles. The van der Waals surface area contributed by atoms with Gasteiger partial charge in [-0.3, -0.25) is 9.36 Å². The van der Waals surface area contributed by atoms with Gasteiger partial charge in [0.1, 0.15) is 4.88 Å². The number of nitrogens with zero attached hydrogens (tertiary/aromatic N) is 2. The summed E-state index contributed by atoms with van der Waals surface area (Å²) >= 11 is 0.845. The molecule has 0 saturated heterocycles. The van der Waals surface area contributed by atoms with E-state index in [1.54, 1.807) is 0 Å². The molecular weight excluding hydrogens is 333 g/mol. The fraction of sp³-hybridized carbons (Fsp3) is 0.214. The van der Waals surface area contributed by atoms with Crippen LogP contribution in [0.5, 0.6) is 0 Å². The molecule has 0 atom stereocenters. The van der Waals surface area contributed by atoms with Gasteiger partial charge in [0.25, 0.3) is 5.56 Å². The molecule has 1 aromatic carbocycles. The summed E-state index contributed by atoms with van der Waals surface area (Å²) in [6.07, 6.45) is -4.49. The highest BCUT2D eigenvalue weighted by atomic mass is 32.1. The summed E-state index contributed by atoms with van der Waals surface area (Å²) in [5, 5.41) is 0. The number of halogens is 3. The van der Waals surface area contributed by atoms with Crippen LogP contribution in [0.4, 0.5) is 18.9 Å². The van der Waals surface area contributed by atoms with Crippen LogP contribution in [0.1, 0.15) is 15.2 Å². The Morgan fingerprint density at radius 2 is 2.00 bits per heavy atom. The lowest BCUT2D eigenvalue weighted by molar-refractivity contribution is -0.137. The number of benzene rings is 1. The summed E-state index contributed by atoms with van der Waals surface area (Å²) in [6, 6.07) is 5.46. The van der Waals surface area contributed by atoms with Crippen molar-refractivity contribution in [1.82, 2.24) is 4.57 Å². The van der Waals surface area contributed by atoms with Gasteiger partial charge in [0.05, 0.1) is 18.4 Å². The number of rotatable bonds is 2. The molecule has 0 radical (unpaired) electrons. The Labute approximate surface area is 132 Å². The van der Waals surface area contributed by atoms with Gasteiger partial charge < -0.3 is 4.74 Å². The molecule has 2 rings (SSSR count). The van der Waals surface area contributed by atoms with Gasteiger partial charge in [-0.1, -0.05) is 17.4 Å². The molecule has 0 fully saturated rings. The van der Waals surface area contributed by atoms with Crippen molar-refractivity contribution in [3.05, 3.63) is 55.9 Å². The molecule has 23 heavy (non-hydrogen) atoms. The molecule has 0 N–H and O–H groups in total. The molecule has 0 aliphatic heterocycles. The number of aromatic nitrogens is 1. The Bertz CT molecular complexity index is 869. The van der Waals surface area contributed by atoms with Crippen LogP contribution >= 0.6 is 11.3 Å². The highest BCUT2D eigenvalue weighted by Crippen LogP contribution is 2.31. The summed E-state index contributed by atoms with van der Waals surface area (Å²) in [4.78, 5) is 27.5. The van der Waals surface area contributed by atoms with Crippen LogP contribution in [-0.2, 0) is 18.0 Å². The SMILES string of the molecule is COC(=O)c1cc(=O)n(C)c(=Nc2cccc(C(F)(F)F)c2)s1. The Balaban J connectivity index is 2.62. The van der Waals surface area contributed by atoms with Crippen molar-refractivity contribution in [2.45, 2.75) is 6.18 Å². The summed E-state index contributed by atoms with van der Waals surface area (Å²) in [6.45, 7) is 0. The van der Waals surface area contributed by atoms with Crippen LogP contribution in [-0.4, -0.2) is 17.6 Å². The van der Waals surface area contributed by atoms with Gasteiger partial charge >= 0.3 is 12.1 Å². The molecular formula is C14H11F3N2O3S. The monoisotopic (exact) mass is 344 g/mol. The van der Waals surface area contributed by atoms with Crippen molar-refractivity contribution < 1.29 is 22.7 Å². The molecule has 0 unspecified atom stereocenters. The van der Waals surface area contributed by atoms with Gasteiger partial charge in [-0.15, -0.1) is 0 Å². The summed E-state index contributed by atoms with van der Waals surface area (Å²) in [7, 11) is 2.57. The predicted molar refractivity (Wildman–Crippen MR) is 77.6 cm³/mol. The molecule has 1 heterocycles. The molecule has 1 aromatic heterocycles. The number of carbonyl (C=O) groups excluding carboxylic acids is 1. The fourth-order valence-corrected chi connectivity index (χ4v) is 2.56. The van der Waals surface area contributed by atoms with E-state index in [1.165, 1.54) is 19.2 Å².